The van der Waals surface area contributed by atoms with Crippen LogP contribution in [0.25, 0.3) is 44.0 Å². The van der Waals surface area contributed by atoms with E-state index < -0.39 is 0 Å². The van der Waals surface area contributed by atoms with E-state index in [1.807, 2.05) is 0 Å². The van der Waals surface area contributed by atoms with Gasteiger partial charge in [-0.05, 0) is 174 Å². The molecule has 4 heteroatoms. The van der Waals surface area contributed by atoms with Crippen molar-refractivity contribution < 1.29 is 4.42 Å². The van der Waals surface area contributed by atoms with Crippen LogP contribution in [0, 0.1) is 0 Å². The van der Waals surface area contributed by atoms with Crippen molar-refractivity contribution in [2.75, 3.05) is 9.71 Å². The summed E-state index contributed by atoms with van der Waals surface area (Å²) in [5, 5.41) is 3.69. The first kappa shape index (κ1) is 45.2. The Bertz CT molecular complexity index is 3480. The Morgan fingerprint density at radius 1 is 0.486 bits per heavy atom. The van der Waals surface area contributed by atoms with Crippen molar-refractivity contribution in [3.8, 4) is 22.3 Å². The molecule has 8 aromatic rings. The van der Waals surface area contributed by atoms with E-state index in [2.05, 4.69) is 234 Å². The zero-order valence-electron chi connectivity index (χ0n) is 44.3. The average Bonchev–Trinajstić information content (AvgIpc) is 3.69. The van der Waals surface area contributed by atoms with E-state index in [-0.39, 0.29) is 39.3 Å². The van der Waals surface area contributed by atoms with Crippen molar-refractivity contribution in [1.82, 2.24) is 0 Å². The second kappa shape index (κ2) is 14.8. The molecule has 4 aliphatic rings. The van der Waals surface area contributed by atoms with Gasteiger partial charge in [-0.2, -0.15) is 0 Å². The van der Waals surface area contributed by atoms with Gasteiger partial charge in [0.25, 0.3) is 0 Å². The maximum atomic E-state index is 7.80. The van der Waals surface area contributed by atoms with Gasteiger partial charge in [0, 0.05) is 33.6 Å². The van der Waals surface area contributed by atoms with Crippen molar-refractivity contribution in [2.24, 2.45) is 0 Å². The Kier molecular flexibility index (Phi) is 9.54. The van der Waals surface area contributed by atoms with E-state index in [4.69, 9.17) is 4.42 Å². The molecule has 2 aliphatic carbocycles. The zero-order valence-corrected chi connectivity index (χ0v) is 44.3. The van der Waals surface area contributed by atoms with Crippen LogP contribution in [0.4, 0.5) is 28.4 Å². The highest BCUT2D eigenvalue weighted by Gasteiger charge is 2.51. The largest absolute Gasteiger partial charge is 0.466 e. The van der Waals surface area contributed by atoms with Crippen LogP contribution >= 0.6 is 0 Å². The Morgan fingerprint density at radius 2 is 1.04 bits per heavy atom. The monoisotopic (exact) mass is 919 g/mol. The average molecular weight is 919 g/mol. The Labute approximate surface area is 418 Å². The van der Waals surface area contributed by atoms with E-state index in [1.165, 1.54) is 101 Å². The van der Waals surface area contributed by atoms with Gasteiger partial charge >= 0.3 is 6.85 Å². The number of benzene rings is 7. The van der Waals surface area contributed by atoms with Crippen LogP contribution in [0.3, 0.4) is 0 Å². The van der Waals surface area contributed by atoms with Gasteiger partial charge < -0.3 is 14.1 Å². The molecule has 12 rings (SSSR count). The van der Waals surface area contributed by atoms with Crippen LogP contribution < -0.4 is 20.8 Å². The molecule has 0 fully saturated rings. The number of fused-ring (bicyclic) bond motifs is 10. The molecule has 0 spiro atoms. The van der Waals surface area contributed by atoms with Crippen LogP contribution in [0.5, 0.6) is 0 Å². The molecule has 0 N–H and O–H groups in total. The Hall–Kier alpha value is -6.00. The maximum Gasteiger partial charge on any atom is 0.375 e. The summed E-state index contributed by atoms with van der Waals surface area (Å²) in [6.45, 7) is 33.3. The Balaban J connectivity index is 1.26. The smallest absolute Gasteiger partial charge is 0.375 e. The fraction of sp³-hybridized carbons (Fsp3) is 0.364. The SMILES string of the molecule is CC(C)(C)c1ccc2c(c1)-c1c3c(cc4ccccc14)N(c1ccc(C(C)(C)C)cc1-c1ccccc1)c1c(oc4cc5c(cc14)C(C)(C)CCC5(C)C)B3N2c1ccc2c(c1)C(C)(C)CCC2(C)C. The molecule has 3 heterocycles. The van der Waals surface area contributed by atoms with Crippen LogP contribution in [-0.4, -0.2) is 6.85 Å². The van der Waals surface area contributed by atoms with Crippen molar-refractivity contribution in [3.05, 3.63) is 161 Å². The number of rotatable bonds is 3. The lowest BCUT2D eigenvalue weighted by atomic mass is 9.45. The number of hydrogen-bond acceptors (Lipinski definition) is 3. The molecule has 0 bridgehead atoms. The molecule has 0 atom stereocenters. The second-order valence-corrected chi connectivity index (χ2v) is 26.3. The highest BCUT2D eigenvalue weighted by Crippen LogP contribution is 2.56. The normalized spacial score (nSPS) is 18.3. The lowest BCUT2D eigenvalue weighted by molar-refractivity contribution is 0.332. The van der Waals surface area contributed by atoms with Crippen LogP contribution in [-0.2, 0) is 32.5 Å². The van der Waals surface area contributed by atoms with Gasteiger partial charge in [0.2, 0.25) is 0 Å². The van der Waals surface area contributed by atoms with E-state index >= 15 is 0 Å². The van der Waals surface area contributed by atoms with Gasteiger partial charge in [0.05, 0.1) is 11.4 Å². The topological polar surface area (TPSA) is 19.6 Å². The summed E-state index contributed by atoms with van der Waals surface area (Å²) in [7, 11) is 0. The lowest BCUT2D eigenvalue weighted by Crippen LogP contribution is -2.61. The highest BCUT2D eigenvalue weighted by molar-refractivity contribution is 6.93. The van der Waals surface area contributed by atoms with Crippen LogP contribution in [0.1, 0.15) is 156 Å². The van der Waals surface area contributed by atoms with Gasteiger partial charge in [0.1, 0.15) is 11.2 Å². The molecule has 7 aromatic carbocycles. The van der Waals surface area contributed by atoms with Crippen LogP contribution in [0.15, 0.2) is 132 Å². The fourth-order valence-electron chi connectivity index (χ4n) is 13.0. The first-order valence-electron chi connectivity index (χ1n) is 26.2. The molecular weight excluding hydrogens is 848 g/mol. The minimum absolute atomic E-state index is 0.0117. The molecule has 0 radical (unpaired) electrons. The molecule has 0 unspecified atom stereocenters. The molecule has 1 aromatic heterocycles. The van der Waals surface area contributed by atoms with Crippen molar-refractivity contribution >= 4 is 68.1 Å². The van der Waals surface area contributed by atoms with Gasteiger partial charge in [-0.15, -0.1) is 0 Å². The number of anilines is 5. The predicted octanol–water partition coefficient (Wildman–Crippen LogP) is 17.3. The summed E-state index contributed by atoms with van der Waals surface area (Å²) in [5.41, 5.74) is 22.7. The first-order valence-corrected chi connectivity index (χ1v) is 26.2. The first-order chi connectivity index (χ1) is 32.9. The number of furan rings is 1. The van der Waals surface area contributed by atoms with Gasteiger partial charge in [0.15, 0.2) is 0 Å². The van der Waals surface area contributed by atoms with Gasteiger partial charge in [-0.3, -0.25) is 0 Å². The third kappa shape index (κ3) is 6.67. The van der Waals surface area contributed by atoms with E-state index in [0.29, 0.717) is 0 Å². The summed E-state index contributed by atoms with van der Waals surface area (Å²) >= 11 is 0. The van der Waals surface area contributed by atoms with E-state index in [1.54, 1.807) is 0 Å². The standard InChI is InChI=1S/C66H71BN2O/c1-61(2,3)42-24-28-53(46(35-42)40-20-16-15-17-21-40)68-55-34-41-22-18-19-23-45(41)57-47-36-43(62(4,5)6)25-29-54(47)69(44-26-27-49-50(37-44)64(9,10)31-30-63(49,7)8)67(58(55)57)60-59(68)48-38-51-52(39-56(48)70-60)66(13,14)33-32-65(51,11)12/h15-29,34-39H,30-33H2,1-14H3. The fourth-order valence-corrected chi connectivity index (χ4v) is 13.0. The summed E-state index contributed by atoms with van der Waals surface area (Å²) in [6, 6.07) is 49.8. The summed E-state index contributed by atoms with van der Waals surface area (Å²) in [4.78, 5) is 5.33. The lowest BCUT2D eigenvalue weighted by Gasteiger charge is -2.46. The minimum Gasteiger partial charge on any atom is -0.466 e. The third-order valence-electron chi connectivity index (χ3n) is 17.7. The van der Waals surface area contributed by atoms with Gasteiger partial charge in [-0.25, -0.2) is 0 Å². The molecule has 3 nitrogen and oxygen atoms in total. The van der Waals surface area contributed by atoms with Gasteiger partial charge in [-0.1, -0.05) is 170 Å². The van der Waals surface area contributed by atoms with Crippen molar-refractivity contribution in [2.45, 2.75) is 155 Å². The van der Waals surface area contributed by atoms with Crippen molar-refractivity contribution in [1.29, 1.82) is 0 Å². The number of nitrogens with zero attached hydrogens (tertiary/aromatic N) is 2. The molecule has 354 valence electrons. The molecule has 70 heavy (non-hydrogen) atoms. The van der Waals surface area contributed by atoms with E-state index in [0.717, 1.165) is 41.9 Å². The highest BCUT2D eigenvalue weighted by atomic mass is 16.3. The van der Waals surface area contributed by atoms with E-state index in [9.17, 15) is 0 Å². The Morgan fingerprint density at radius 3 is 1.69 bits per heavy atom. The molecular formula is C66H71BN2O. The van der Waals surface area contributed by atoms with Crippen molar-refractivity contribution in [3.63, 3.8) is 0 Å². The summed E-state index contributed by atoms with van der Waals surface area (Å²) in [6.07, 6.45) is 4.62. The summed E-state index contributed by atoms with van der Waals surface area (Å²) < 4.78 is 7.80. The predicted molar refractivity (Wildman–Crippen MR) is 301 cm³/mol. The third-order valence-corrected chi connectivity index (χ3v) is 17.7. The second-order valence-electron chi connectivity index (χ2n) is 26.3. The zero-order chi connectivity index (χ0) is 49.2. The molecule has 0 saturated heterocycles. The minimum atomic E-state index is -0.258. The number of hydrogen-bond donors (Lipinski definition) is 0. The molecule has 0 saturated carbocycles. The summed E-state index contributed by atoms with van der Waals surface area (Å²) in [5.74, 6) is 0. The maximum absolute atomic E-state index is 7.80. The van der Waals surface area contributed by atoms with Crippen LogP contribution in [0.2, 0.25) is 0 Å². The molecule has 0 amide bonds. The molecule has 2 aliphatic heterocycles. The quantitative estimate of drug-likeness (QED) is 0.165.